The summed E-state index contributed by atoms with van der Waals surface area (Å²) in [6, 6.07) is 13.7. The maximum absolute atomic E-state index is 12.8. The third-order valence-electron chi connectivity index (χ3n) is 2.44. The van der Waals surface area contributed by atoms with Crippen LogP contribution >= 0.6 is 11.6 Å². The van der Waals surface area contributed by atoms with E-state index in [0.29, 0.717) is 5.56 Å². The van der Waals surface area contributed by atoms with Gasteiger partial charge in [-0.3, -0.25) is 0 Å². The Balaban J connectivity index is 2.44. The van der Waals surface area contributed by atoms with Crippen LogP contribution in [0.5, 0.6) is 0 Å². The van der Waals surface area contributed by atoms with Gasteiger partial charge in [-0.05, 0) is 12.1 Å². The zero-order valence-electron chi connectivity index (χ0n) is 9.66. The van der Waals surface area contributed by atoms with E-state index < -0.39 is 11.7 Å². The summed E-state index contributed by atoms with van der Waals surface area (Å²) in [5.41, 5.74) is -0.422. The standard InChI is InChI=1S/C14H9ClF3N/c15-13(10-6-2-1-3-7-10)19-12-9-5-4-8-11(12)14(16,17)18/h1-9H. The van der Waals surface area contributed by atoms with Crippen LogP contribution in [-0.4, -0.2) is 5.17 Å². The Morgan fingerprint density at radius 3 is 2.11 bits per heavy atom. The fourth-order valence-corrected chi connectivity index (χ4v) is 1.77. The molecular formula is C14H9ClF3N. The van der Waals surface area contributed by atoms with E-state index in [4.69, 9.17) is 11.6 Å². The van der Waals surface area contributed by atoms with Crippen LogP contribution < -0.4 is 0 Å². The largest absolute Gasteiger partial charge is 0.418 e. The molecular weight excluding hydrogens is 275 g/mol. The molecule has 0 amide bonds. The first-order valence-corrected chi connectivity index (χ1v) is 5.82. The lowest BCUT2D eigenvalue weighted by molar-refractivity contribution is -0.137. The van der Waals surface area contributed by atoms with Crippen LogP contribution in [0.25, 0.3) is 0 Å². The van der Waals surface area contributed by atoms with Crippen molar-refractivity contribution in [2.75, 3.05) is 0 Å². The Morgan fingerprint density at radius 2 is 1.47 bits per heavy atom. The van der Waals surface area contributed by atoms with E-state index in [1.165, 1.54) is 18.2 Å². The highest BCUT2D eigenvalue weighted by atomic mass is 35.5. The van der Waals surface area contributed by atoms with Crippen molar-refractivity contribution in [2.45, 2.75) is 6.18 Å². The molecule has 0 heterocycles. The summed E-state index contributed by atoms with van der Waals surface area (Å²) in [5.74, 6) is 0. The Hall–Kier alpha value is -1.81. The van der Waals surface area contributed by atoms with E-state index in [-0.39, 0.29) is 10.9 Å². The van der Waals surface area contributed by atoms with Crippen LogP contribution in [0.1, 0.15) is 11.1 Å². The molecule has 0 aliphatic carbocycles. The van der Waals surface area contributed by atoms with Gasteiger partial charge in [0.2, 0.25) is 0 Å². The number of halogens is 4. The second-order valence-corrected chi connectivity index (χ2v) is 4.14. The number of aliphatic imine (C=N–C) groups is 1. The monoisotopic (exact) mass is 283 g/mol. The van der Waals surface area contributed by atoms with Crippen LogP contribution in [-0.2, 0) is 6.18 Å². The van der Waals surface area contributed by atoms with Crippen LogP contribution in [0.3, 0.4) is 0 Å². The maximum atomic E-state index is 12.8. The van der Waals surface area contributed by atoms with Crippen molar-refractivity contribution in [3.63, 3.8) is 0 Å². The van der Waals surface area contributed by atoms with Gasteiger partial charge in [-0.15, -0.1) is 0 Å². The van der Waals surface area contributed by atoms with Gasteiger partial charge >= 0.3 is 6.18 Å². The summed E-state index contributed by atoms with van der Waals surface area (Å²) in [6.45, 7) is 0. The van der Waals surface area contributed by atoms with Crippen molar-refractivity contribution in [3.8, 4) is 0 Å². The minimum absolute atomic E-state index is 0.0253. The first-order chi connectivity index (χ1) is 8.98. The molecule has 0 N–H and O–H groups in total. The van der Waals surface area contributed by atoms with Crippen molar-refractivity contribution in [2.24, 2.45) is 4.99 Å². The molecule has 2 rings (SSSR count). The number of hydrogen-bond donors (Lipinski definition) is 0. The van der Waals surface area contributed by atoms with Crippen LogP contribution in [0.2, 0.25) is 0 Å². The molecule has 0 radical (unpaired) electrons. The fraction of sp³-hybridized carbons (Fsp3) is 0.0714. The molecule has 19 heavy (non-hydrogen) atoms. The van der Waals surface area contributed by atoms with Crippen molar-refractivity contribution in [1.29, 1.82) is 0 Å². The highest BCUT2D eigenvalue weighted by molar-refractivity contribution is 6.69. The summed E-state index contributed by atoms with van der Waals surface area (Å²) < 4.78 is 38.4. The molecule has 0 aliphatic heterocycles. The molecule has 98 valence electrons. The minimum atomic E-state index is -4.45. The summed E-state index contributed by atoms with van der Waals surface area (Å²) in [5, 5.41) is 0.0253. The van der Waals surface area contributed by atoms with E-state index in [0.717, 1.165) is 6.07 Å². The Morgan fingerprint density at radius 1 is 0.895 bits per heavy atom. The molecule has 0 atom stereocenters. The SMILES string of the molecule is FC(F)(F)c1ccccc1N=C(Cl)c1ccccc1. The predicted molar refractivity (Wildman–Crippen MR) is 69.9 cm³/mol. The molecule has 0 aliphatic rings. The van der Waals surface area contributed by atoms with Crippen molar-refractivity contribution in [1.82, 2.24) is 0 Å². The Kier molecular flexibility index (Phi) is 3.90. The topological polar surface area (TPSA) is 12.4 Å². The summed E-state index contributed by atoms with van der Waals surface area (Å²) >= 11 is 5.95. The number of rotatable bonds is 2. The number of alkyl halides is 3. The van der Waals surface area contributed by atoms with Gasteiger partial charge in [0.05, 0.1) is 11.3 Å². The summed E-state index contributed by atoms with van der Waals surface area (Å²) in [6.07, 6.45) is -4.45. The van der Waals surface area contributed by atoms with Gasteiger partial charge in [0.15, 0.2) is 0 Å². The highest BCUT2D eigenvalue weighted by Crippen LogP contribution is 2.36. The van der Waals surface area contributed by atoms with E-state index in [9.17, 15) is 13.2 Å². The number of para-hydroxylation sites is 1. The van der Waals surface area contributed by atoms with Gasteiger partial charge in [0.1, 0.15) is 5.17 Å². The number of benzene rings is 2. The normalized spacial score (nSPS) is 12.5. The lowest BCUT2D eigenvalue weighted by Gasteiger charge is -2.09. The predicted octanol–water partition coefficient (Wildman–Crippen LogP) is 5.02. The molecule has 0 aromatic heterocycles. The Labute approximate surface area is 113 Å². The third kappa shape index (κ3) is 3.35. The van der Waals surface area contributed by atoms with Crippen LogP contribution in [0.4, 0.5) is 18.9 Å². The number of hydrogen-bond acceptors (Lipinski definition) is 1. The fourth-order valence-electron chi connectivity index (χ4n) is 1.56. The van der Waals surface area contributed by atoms with Crippen molar-refractivity contribution >= 4 is 22.5 Å². The van der Waals surface area contributed by atoms with E-state index in [2.05, 4.69) is 4.99 Å². The quantitative estimate of drug-likeness (QED) is 0.686. The van der Waals surface area contributed by atoms with Gasteiger partial charge in [-0.2, -0.15) is 13.2 Å². The molecule has 0 bridgehead atoms. The first-order valence-electron chi connectivity index (χ1n) is 5.44. The molecule has 1 nitrogen and oxygen atoms in total. The smallest absolute Gasteiger partial charge is 0.235 e. The second-order valence-electron chi connectivity index (χ2n) is 3.78. The number of nitrogens with zero attached hydrogens (tertiary/aromatic N) is 1. The molecule has 0 saturated carbocycles. The first kappa shape index (κ1) is 13.6. The summed E-state index contributed by atoms with van der Waals surface area (Å²) in [4.78, 5) is 3.86. The van der Waals surface area contributed by atoms with E-state index >= 15 is 0 Å². The molecule has 2 aromatic carbocycles. The molecule has 0 fully saturated rings. The second kappa shape index (κ2) is 5.45. The molecule has 0 saturated heterocycles. The highest BCUT2D eigenvalue weighted by Gasteiger charge is 2.33. The third-order valence-corrected chi connectivity index (χ3v) is 2.74. The molecule has 0 unspecified atom stereocenters. The molecule has 5 heteroatoms. The maximum Gasteiger partial charge on any atom is 0.418 e. The average molecular weight is 284 g/mol. The van der Waals surface area contributed by atoms with Crippen molar-refractivity contribution < 1.29 is 13.2 Å². The van der Waals surface area contributed by atoms with Crippen LogP contribution in [0.15, 0.2) is 59.6 Å². The van der Waals surface area contributed by atoms with Gasteiger partial charge in [0, 0.05) is 5.56 Å². The van der Waals surface area contributed by atoms with Gasteiger partial charge in [-0.25, -0.2) is 4.99 Å². The summed E-state index contributed by atoms with van der Waals surface area (Å²) in [7, 11) is 0. The van der Waals surface area contributed by atoms with Crippen molar-refractivity contribution in [3.05, 3.63) is 65.7 Å². The van der Waals surface area contributed by atoms with Gasteiger partial charge in [0.25, 0.3) is 0 Å². The zero-order chi connectivity index (χ0) is 13.9. The van der Waals surface area contributed by atoms with E-state index in [1.54, 1.807) is 30.3 Å². The lowest BCUT2D eigenvalue weighted by atomic mass is 10.1. The molecule has 0 spiro atoms. The Bertz CT molecular complexity index is 591. The van der Waals surface area contributed by atoms with Crippen LogP contribution in [0, 0.1) is 0 Å². The zero-order valence-corrected chi connectivity index (χ0v) is 10.4. The van der Waals surface area contributed by atoms with Gasteiger partial charge < -0.3 is 0 Å². The lowest BCUT2D eigenvalue weighted by Crippen LogP contribution is -2.05. The van der Waals surface area contributed by atoms with Gasteiger partial charge in [-0.1, -0.05) is 54.1 Å². The van der Waals surface area contributed by atoms with E-state index in [1.807, 2.05) is 0 Å². The minimum Gasteiger partial charge on any atom is -0.235 e. The average Bonchev–Trinajstić information content (AvgIpc) is 2.39. The molecule has 2 aromatic rings.